The van der Waals surface area contributed by atoms with Crippen LogP contribution in [-0.2, 0) is 0 Å². The third-order valence-electron chi connectivity index (χ3n) is 5.32. The summed E-state index contributed by atoms with van der Waals surface area (Å²) in [4.78, 5) is 6.22. The van der Waals surface area contributed by atoms with Crippen molar-refractivity contribution < 1.29 is 13.9 Å². The zero-order valence-corrected chi connectivity index (χ0v) is 15.1. The number of hydrogen-bond donors (Lipinski definition) is 4. The number of fused-ring (bicyclic) bond motifs is 6. The minimum Gasteiger partial charge on any atom is -0.504 e. The predicted molar refractivity (Wildman–Crippen MR) is 109 cm³/mol. The Hall–Kier alpha value is -3.12. The van der Waals surface area contributed by atoms with Gasteiger partial charge >= 0.3 is 0 Å². The van der Waals surface area contributed by atoms with Crippen LogP contribution in [0, 0.1) is 11.6 Å². The molecule has 0 radical (unpaired) electrons. The highest BCUT2D eigenvalue weighted by molar-refractivity contribution is 6.20. The van der Waals surface area contributed by atoms with E-state index in [4.69, 9.17) is 0 Å². The second-order valence-corrected chi connectivity index (χ2v) is 7.16. The molecule has 28 heavy (non-hydrogen) atoms. The molecular formula is C22H19F2N3O. The van der Waals surface area contributed by atoms with Crippen LogP contribution < -0.4 is 5.32 Å². The van der Waals surface area contributed by atoms with Gasteiger partial charge in [0.15, 0.2) is 5.75 Å². The minimum absolute atomic E-state index is 0.0470. The number of halogens is 2. The van der Waals surface area contributed by atoms with Crippen LogP contribution in [-0.4, -0.2) is 28.2 Å². The van der Waals surface area contributed by atoms with Crippen LogP contribution in [0.25, 0.3) is 43.6 Å². The summed E-state index contributed by atoms with van der Waals surface area (Å²) in [7, 11) is 0. The smallest absolute Gasteiger partial charge is 0.164 e. The summed E-state index contributed by atoms with van der Waals surface area (Å²) in [6, 6.07) is 10.7. The fourth-order valence-corrected chi connectivity index (χ4v) is 3.94. The molecule has 0 unspecified atom stereocenters. The maximum absolute atomic E-state index is 13.6. The Bertz CT molecular complexity index is 1230. The second-order valence-electron chi connectivity index (χ2n) is 7.16. The Morgan fingerprint density at radius 3 is 1.61 bits per heavy atom. The Labute approximate surface area is 159 Å². The molecule has 5 aromatic rings. The summed E-state index contributed by atoms with van der Waals surface area (Å²) in [5, 5.41) is 16.6. The van der Waals surface area contributed by atoms with Gasteiger partial charge in [-0.15, -0.1) is 0 Å². The highest BCUT2D eigenvalue weighted by Crippen LogP contribution is 2.40. The van der Waals surface area contributed by atoms with Crippen molar-refractivity contribution in [2.24, 2.45) is 0 Å². The molecule has 0 aliphatic carbocycles. The maximum Gasteiger partial charge on any atom is 0.164 e. The van der Waals surface area contributed by atoms with Gasteiger partial charge in [-0.3, -0.25) is 0 Å². The van der Waals surface area contributed by atoms with Crippen molar-refractivity contribution in [3.8, 4) is 5.75 Å². The summed E-state index contributed by atoms with van der Waals surface area (Å²) < 4.78 is 27.1. The van der Waals surface area contributed by atoms with E-state index in [9.17, 15) is 13.9 Å². The molecule has 1 fully saturated rings. The van der Waals surface area contributed by atoms with Crippen molar-refractivity contribution >= 4 is 43.6 Å². The molecule has 6 heteroatoms. The lowest BCUT2D eigenvalue weighted by Crippen LogP contribution is -2.03. The van der Waals surface area contributed by atoms with E-state index in [1.807, 2.05) is 6.07 Å². The van der Waals surface area contributed by atoms with Crippen LogP contribution in [0.15, 0.2) is 42.5 Å². The van der Waals surface area contributed by atoms with Gasteiger partial charge in [0, 0.05) is 32.6 Å². The molecule has 0 amide bonds. The lowest BCUT2D eigenvalue weighted by atomic mass is 10.1. The fraction of sp³-hybridized carbons (Fsp3) is 0.182. The van der Waals surface area contributed by atoms with Crippen LogP contribution in [0.4, 0.5) is 8.78 Å². The lowest BCUT2D eigenvalue weighted by Gasteiger charge is -1.99. The number of aromatic hydroxyl groups is 1. The molecule has 4 nitrogen and oxygen atoms in total. The molecule has 0 atom stereocenters. The van der Waals surface area contributed by atoms with E-state index in [1.165, 1.54) is 50.2 Å². The SMILES string of the molecule is C1CCNC1.Oc1c2[nH]c3ccc(F)cc3c2cc2c1[nH]c1ccc(F)cc12. The number of aromatic nitrogens is 2. The van der Waals surface area contributed by atoms with Crippen molar-refractivity contribution in [2.75, 3.05) is 13.1 Å². The normalized spacial score (nSPS) is 14.2. The molecule has 1 aliphatic rings. The first kappa shape index (κ1) is 17.0. The molecule has 0 spiro atoms. The average molecular weight is 379 g/mol. The fourth-order valence-electron chi connectivity index (χ4n) is 3.94. The summed E-state index contributed by atoms with van der Waals surface area (Å²) in [6.07, 6.45) is 2.78. The number of benzene rings is 3. The number of nitrogens with one attached hydrogen (secondary N) is 3. The van der Waals surface area contributed by atoms with E-state index in [0.717, 1.165) is 11.0 Å². The monoisotopic (exact) mass is 379 g/mol. The molecule has 2 aromatic heterocycles. The number of rotatable bonds is 0. The van der Waals surface area contributed by atoms with Crippen molar-refractivity contribution in [1.29, 1.82) is 0 Å². The van der Waals surface area contributed by atoms with Crippen LogP contribution in [0.1, 0.15) is 12.8 Å². The van der Waals surface area contributed by atoms with Gasteiger partial charge in [-0.1, -0.05) is 0 Å². The number of phenols is 1. The maximum atomic E-state index is 13.6. The van der Waals surface area contributed by atoms with Crippen LogP contribution in [0.3, 0.4) is 0 Å². The zero-order chi connectivity index (χ0) is 19.3. The summed E-state index contributed by atoms with van der Waals surface area (Å²) >= 11 is 0. The molecule has 3 aromatic carbocycles. The zero-order valence-electron chi connectivity index (χ0n) is 15.1. The highest BCUT2D eigenvalue weighted by atomic mass is 19.1. The van der Waals surface area contributed by atoms with Gasteiger partial charge in [0.25, 0.3) is 0 Å². The van der Waals surface area contributed by atoms with E-state index >= 15 is 0 Å². The van der Waals surface area contributed by atoms with Crippen LogP contribution >= 0.6 is 0 Å². The first-order valence-corrected chi connectivity index (χ1v) is 9.36. The summed E-state index contributed by atoms with van der Waals surface area (Å²) in [5.74, 6) is -0.642. The molecule has 0 bridgehead atoms. The number of H-pyrrole nitrogens is 2. The number of phenolic OH excluding ortho intramolecular Hbond substituents is 1. The molecular weight excluding hydrogens is 360 g/mol. The molecule has 1 saturated heterocycles. The summed E-state index contributed by atoms with van der Waals surface area (Å²) in [6.45, 7) is 2.50. The van der Waals surface area contributed by atoms with Gasteiger partial charge in [-0.25, -0.2) is 8.78 Å². The van der Waals surface area contributed by atoms with Crippen molar-refractivity contribution in [2.45, 2.75) is 12.8 Å². The highest BCUT2D eigenvalue weighted by Gasteiger charge is 2.16. The van der Waals surface area contributed by atoms with Gasteiger partial charge in [0.05, 0.1) is 11.0 Å². The molecule has 4 N–H and O–H groups in total. The van der Waals surface area contributed by atoms with Gasteiger partial charge in [0.2, 0.25) is 0 Å². The third-order valence-corrected chi connectivity index (χ3v) is 5.32. The van der Waals surface area contributed by atoms with Crippen molar-refractivity contribution in [1.82, 2.24) is 15.3 Å². The molecule has 6 rings (SSSR count). The van der Waals surface area contributed by atoms with Crippen molar-refractivity contribution in [3.05, 3.63) is 54.1 Å². The van der Waals surface area contributed by atoms with E-state index in [2.05, 4.69) is 15.3 Å². The van der Waals surface area contributed by atoms with Gasteiger partial charge in [-0.2, -0.15) is 0 Å². The standard InChI is InChI=1S/C18H10F2N2O.C4H9N/c19-8-1-3-14-10(5-8)12-7-13-11-6-9(20)2-4-15(11)22-17(13)18(23)16(12)21-14;1-2-4-5-3-1/h1-7,21-23H;5H,1-4H2. The topological polar surface area (TPSA) is 63.8 Å². The molecule has 142 valence electrons. The van der Waals surface area contributed by atoms with Gasteiger partial charge in [0.1, 0.15) is 11.6 Å². The number of aromatic amines is 2. The van der Waals surface area contributed by atoms with Gasteiger partial charge in [-0.05, 0) is 68.4 Å². The Balaban J connectivity index is 0.000000300. The van der Waals surface area contributed by atoms with Gasteiger partial charge < -0.3 is 20.4 Å². The third kappa shape index (κ3) is 2.68. The largest absolute Gasteiger partial charge is 0.504 e. The Kier molecular flexibility index (Phi) is 3.94. The van der Waals surface area contributed by atoms with E-state index < -0.39 is 0 Å². The van der Waals surface area contributed by atoms with Crippen molar-refractivity contribution in [3.63, 3.8) is 0 Å². The molecule has 1 aliphatic heterocycles. The minimum atomic E-state index is -0.344. The van der Waals surface area contributed by atoms with Crippen LogP contribution in [0.5, 0.6) is 5.75 Å². The average Bonchev–Trinajstić information content (AvgIpc) is 3.42. The Morgan fingerprint density at radius 2 is 1.18 bits per heavy atom. The van der Waals surface area contributed by atoms with E-state index in [-0.39, 0.29) is 17.4 Å². The quantitative estimate of drug-likeness (QED) is 0.295. The second kappa shape index (κ2) is 6.49. The molecule has 3 heterocycles. The first-order valence-electron chi connectivity index (χ1n) is 9.36. The van der Waals surface area contributed by atoms with Crippen LogP contribution in [0.2, 0.25) is 0 Å². The lowest BCUT2D eigenvalue weighted by molar-refractivity contribution is 0.486. The number of hydrogen-bond acceptors (Lipinski definition) is 2. The Morgan fingerprint density at radius 1 is 0.679 bits per heavy atom. The predicted octanol–water partition coefficient (Wildman–Crippen LogP) is 5.31. The molecule has 0 saturated carbocycles. The van der Waals surface area contributed by atoms with E-state index in [0.29, 0.717) is 32.6 Å². The first-order chi connectivity index (χ1) is 13.6. The van der Waals surface area contributed by atoms with E-state index in [1.54, 1.807) is 12.1 Å². The summed E-state index contributed by atoms with van der Waals surface area (Å²) in [5.41, 5.74) is 2.54.